The van der Waals surface area contributed by atoms with E-state index in [0.717, 1.165) is 51.6 Å². The van der Waals surface area contributed by atoms with Gasteiger partial charge in [-0.3, -0.25) is 4.79 Å². The van der Waals surface area contributed by atoms with Gasteiger partial charge in [-0.1, -0.05) is 68.4 Å². The van der Waals surface area contributed by atoms with Crippen molar-refractivity contribution in [3.63, 3.8) is 0 Å². The van der Waals surface area contributed by atoms with Crippen molar-refractivity contribution in [1.29, 1.82) is 0 Å². The number of allylic oxidation sites excluding steroid dienone is 7. The predicted octanol–water partition coefficient (Wildman–Crippen LogP) is 5.81. The first-order valence-electron chi connectivity index (χ1n) is 10.7. The topological polar surface area (TPSA) is 32.3 Å². The van der Waals surface area contributed by atoms with Gasteiger partial charge in [-0.25, -0.2) is 0 Å². The highest BCUT2D eigenvalue weighted by Gasteiger charge is 1.93. The first-order chi connectivity index (χ1) is 13.2. The third kappa shape index (κ3) is 22.3. The van der Waals surface area contributed by atoms with E-state index in [4.69, 9.17) is 0 Å². The van der Waals surface area contributed by atoms with Crippen molar-refractivity contribution >= 4 is 5.91 Å². The number of nitrogens with one attached hydrogen (secondary N) is 1. The summed E-state index contributed by atoms with van der Waals surface area (Å²) in [5.41, 5.74) is 0. The monoisotopic (exact) mass is 374 g/mol. The van der Waals surface area contributed by atoms with E-state index in [1.165, 1.54) is 25.8 Å². The summed E-state index contributed by atoms with van der Waals surface area (Å²) in [6, 6.07) is 0. The molecule has 1 N–H and O–H groups in total. The number of unbranched alkanes of at least 4 members (excludes halogenated alkanes) is 4. The van der Waals surface area contributed by atoms with Crippen LogP contribution < -0.4 is 5.32 Å². The number of nitrogens with zero attached hydrogens (tertiary/aromatic N) is 1. The quantitative estimate of drug-likeness (QED) is 0.257. The third-order valence-electron chi connectivity index (χ3n) is 4.22. The first-order valence-corrected chi connectivity index (χ1v) is 10.7. The van der Waals surface area contributed by atoms with Gasteiger partial charge in [0.1, 0.15) is 0 Å². The highest BCUT2D eigenvalue weighted by molar-refractivity contribution is 5.72. The molecule has 1 amide bonds. The SMILES string of the molecule is CCCCCN(C)C/C=C\C/C=C\C/C=C\C/C=C\CCCCNC(C)=O. The zero-order chi connectivity index (χ0) is 20.0. The Morgan fingerprint density at radius 3 is 2.00 bits per heavy atom. The van der Waals surface area contributed by atoms with Crippen molar-refractivity contribution in [2.75, 3.05) is 26.7 Å². The minimum absolute atomic E-state index is 0.0613. The second kappa shape index (κ2) is 20.7. The Labute approximate surface area is 168 Å². The molecule has 0 aromatic carbocycles. The van der Waals surface area contributed by atoms with Crippen LogP contribution in [0.15, 0.2) is 48.6 Å². The first kappa shape index (κ1) is 25.4. The zero-order valence-corrected chi connectivity index (χ0v) is 18.0. The predicted molar refractivity (Wildman–Crippen MR) is 120 cm³/mol. The number of carbonyl (C=O) groups excluding carboxylic acids is 1. The van der Waals surface area contributed by atoms with Crippen LogP contribution in [0.2, 0.25) is 0 Å². The maximum atomic E-state index is 10.7. The van der Waals surface area contributed by atoms with Crippen molar-refractivity contribution in [3.05, 3.63) is 48.6 Å². The molecule has 0 atom stereocenters. The van der Waals surface area contributed by atoms with Gasteiger partial charge < -0.3 is 10.2 Å². The summed E-state index contributed by atoms with van der Waals surface area (Å²) in [5.74, 6) is 0.0613. The number of rotatable bonds is 17. The van der Waals surface area contributed by atoms with Gasteiger partial charge in [0.15, 0.2) is 0 Å². The normalized spacial score (nSPS) is 12.4. The molecule has 0 saturated heterocycles. The molecule has 0 fully saturated rings. The highest BCUT2D eigenvalue weighted by Crippen LogP contribution is 1.99. The van der Waals surface area contributed by atoms with Crippen LogP contribution >= 0.6 is 0 Å². The van der Waals surface area contributed by atoms with E-state index >= 15 is 0 Å². The van der Waals surface area contributed by atoms with Crippen molar-refractivity contribution in [2.24, 2.45) is 0 Å². The van der Waals surface area contributed by atoms with E-state index in [1.807, 2.05) is 0 Å². The van der Waals surface area contributed by atoms with Crippen LogP contribution in [0.4, 0.5) is 0 Å². The van der Waals surface area contributed by atoms with E-state index < -0.39 is 0 Å². The third-order valence-corrected chi connectivity index (χ3v) is 4.22. The van der Waals surface area contributed by atoms with Crippen molar-refractivity contribution in [2.45, 2.75) is 71.6 Å². The lowest BCUT2D eigenvalue weighted by Crippen LogP contribution is -2.20. The molecule has 3 heteroatoms. The van der Waals surface area contributed by atoms with Crippen LogP contribution in [-0.4, -0.2) is 37.5 Å². The summed E-state index contributed by atoms with van der Waals surface area (Å²) < 4.78 is 0. The number of hydrogen-bond donors (Lipinski definition) is 1. The van der Waals surface area contributed by atoms with Gasteiger partial charge in [-0.05, 0) is 58.5 Å². The summed E-state index contributed by atoms with van der Waals surface area (Å²) >= 11 is 0. The van der Waals surface area contributed by atoms with E-state index in [-0.39, 0.29) is 5.91 Å². The second-order valence-corrected chi connectivity index (χ2v) is 7.04. The summed E-state index contributed by atoms with van der Waals surface area (Å²) in [4.78, 5) is 13.1. The van der Waals surface area contributed by atoms with E-state index in [1.54, 1.807) is 6.92 Å². The summed E-state index contributed by atoms with van der Waals surface area (Å²) in [7, 11) is 2.20. The lowest BCUT2D eigenvalue weighted by Gasteiger charge is -2.13. The van der Waals surface area contributed by atoms with Crippen molar-refractivity contribution in [1.82, 2.24) is 10.2 Å². The molecule has 154 valence electrons. The lowest BCUT2D eigenvalue weighted by atomic mass is 10.2. The molecule has 0 spiro atoms. The Balaban J connectivity index is 3.48. The molecular formula is C24H42N2O. The molecule has 0 aliphatic heterocycles. The van der Waals surface area contributed by atoms with Gasteiger partial charge in [0, 0.05) is 20.0 Å². The van der Waals surface area contributed by atoms with E-state index in [9.17, 15) is 4.79 Å². The molecule has 0 aliphatic carbocycles. The largest absolute Gasteiger partial charge is 0.356 e. The average Bonchev–Trinajstić information content (AvgIpc) is 2.64. The molecule has 0 rings (SSSR count). The van der Waals surface area contributed by atoms with Gasteiger partial charge in [0.2, 0.25) is 5.91 Å². The van der Waals surface area contributed by atoms with Crippen LogP contribution in [0.25, 0.3) is 0 Å². The Hall–Kier alpha value is -1.61. The molecule has 0 radical (unpaired) electrons. The summed E-state index contributed by atoms with van der Waals surface area (Å²) in [6.45, 7) is 6.85. The maximum Gasteiger partial charge on any atom is 0.216 e. The minimum Gasteiger partial charge on any atom is -0.356 e. The molecular weight excluding hydrogens is 332 g/mol. The summed E-state index contributed by atoms with van der Waals surface area (Å²) in [6.07, 6.45) is 28.1. The zero-order valence-electron chi connectivity index (χ0n) is 18.0. The molecule has 3 nitrogen and oxygen atoms in total. The molecule has 0 bridgehead atoms. The van der Waals surface area contributed by atoms with E-state index in [2.05, 4.69) is 72.8 Å². The standard InChI is InChI=1S/C24H42N2O/c1-4-5-19-22-26(3)23-20-17-15-13-11-9-7-6-8-10-12-14-16-18-21-25-24(2)27/h6-7,10-13,17,20H,4-5,8-9,14-16,18-19,21-23H2,1-3H3,(H,25,27)/b7-6-,12-10-,13-11-,20-17-. The Bertz CT molecular complexity index is 449. The molecule has 0 unspecified atom stereocenters. The molecule has 0 aliphatic rings. The molecule has 0 saturated carbocycles. The number of amides is 1. The number of carbonyl (C=O) groups is 1. The Kier molecular flexibility index (Phi) is 19.5. The Morgan fingerprint density at radius 1 is 0.815 bits per heavy atom. The van der Waals surface area contributed by atoms with Crippen LogP contribution in [-0.2, 0) is 4.79 Å². The lowest BCUT2D eigenvalue weighted by molar-refractivity contribution is -0.118. The molecule has 27 heavy (non-hydrogen) atoms. The highest BCUT2D eigenvalue weighted by atomic mass is 16.1. The number of likely N-dealkylation sites (N-methyl/N-ethyl adjacent to an activating group) is 1. The fourth-order valence-electron chi connectivity index (χ4n) is 2.56. The fraction of sp³-hybridized carbons (Fsp3) is 0.625. The van der Waals surface area contributed by atoms with Crippen LogP contribution in [0.3, 0.4) is 0 Å². The van der Waals surface area contributed by atoms with Gasteiger partial charge in [-0.15, -0.1) is 0 Å². The van der Waals surface area contributed by atoms with Gasteiger partial charge >= 0.3 is 0 Å². The second-order valence-electron chi connectivity index (χ2n) is 7.04. The van der Waals surface area contributed by atoms with Crippen LogP contribution in [0.1, 0.15) is 71.6 Å². The smallest absolute Gasteiger partial charge is 0.216 e. The number of hydrogen-bond acceptors (Lipinski definition) is 2. The van der Waals surface area contributed by atoms with Gasteiger partial charge in [-0.2, -0.15) is 0 Å². The van der Waals surface area contributed by atoms with Crippen molar-refractivity contribution in [3.8, 4) is 0 Å². The van der Waals surface area contributed by atoms with Crippen molar-refractivity contribution < 1.29 is 4.79 Å². The van der Waals surface area contributed by atoms with Gasteiger partial charge in [0.25, 0.3) is 0 Å². The molecule has 0 heterocycles. The van der Waals surface area contributed by atoms with Crippen LogP contribution in [0, 0.1) is 0 Å². The maximum absolute atomic E-state index is 10.7. The Morgan fingerprint density at radius 2 is 1.41 bits per heavy atom. The van der Waals surface area contributed by atoms with E-state index in [0.29, 0.717) is 0 Å². The average molecular weight is 375 g/mol. The molecule has 0 aromatic heterocycles. The van der Waals surface area contributed by atoms with Gasteiger partial charge in [0.05, 0.1) is 0 Å². The molecule has 0 aromatic rings. The fourth-order valence-corrected chi connectivity index (χ4v) is 2.56. The summed E-state index contributed by atoms with van der Waals surface area (Å²) in [5, 5.41) is 2.82. The van der Waals surface area contributed by atoms with Crippen LogP contribution in [0.5, 0.6) is 0 Å². The minimum atomic E-state index is 0.0613.